The summed E-state index contributed by atoms with van der Waals surface area (Å²) in [6.45, 7) is 1.85. The van der Waals surface area contributed by atoms with Gasteiger partial charge in [0.05, 0.1) is 11.8 Å². The molecule has 1 aliphatic carbocycles. The monoisotopic (exact) mass is 234 g/mol. The van der Waals surface area contributed by atoms with Crippen molar-refractivity contribution in [3.05, 3.63) is 12.1 Å². The molecule has 1 aromatic rings. The highest BCUT2D eigenvalue weighted by Gasteiger charge is 2.42. The van der Waals surface area contributed by atoms with Crippen LogP contribution < -0.4 is 16.4 Å². The molecule has 3 atom stereocenters. The van der Waals surface area contributed by atoms with Gasteiger partial charge in [-0.05, 0) is 30.9 Å². The number of hydrogen-bond acceptors (Lipinski definition) is 5. The third-order valence-electron chi connectivity index (χ3n) is 4.09. The van der Waals surface area contributed by atoms with Crippen molar-refractivity contribution in [1.29, 1.82) is 0 Å². The van der Waals surface area contributed by atoms with Crippen LogP contribution in [0.3, 0.4) is 0 Å². The van der Waals surface area contributed by atoms with Crippen molar-refractivity contribution in [2.24, 2.45) is 11.8 Å². The standard InChI is InChI=1S/C12H18N4O/c13-9-2-4-11(15-12(9)14)16-5-7-1-3-10(17)8(7)6-16/h2,4,7-8,10,17H,1,3,5-6,13H2,(H2,14,15). The molecule has 3 unspecified atom stereocenters. The topological polar surface area (TPSA) is 88.4 Å². The Labute approximate surface area is 100 Å². The Hall–Kier alpha value is -1.49. The maximum atomic E-state index is 9.87. The van der Waals surface area contributed by atoms with E-state index in [4.69, 9.17) is 11.5 Å². The lowest BCUT2D eigenvalue weighted by molar-refractivity contribution is 0.133. The first-order chi connectivity index (χ1) is 8.15. The van der Waals surface area contributed by atoms with Gasteiger partial charge in [-0.1, -0.05) is 0 Å². The summed E-state index contributed by atoms with van der Waals surface area (Å²) >= 11 is 0. The van der Waals surface area contributed by atoms with Gasteiger partial charge in [-0.2, -0.15) is 0 Å². The van der Waals surface area contributed by atoms with E-state index in [0.717, 1.165) is 31.7 Å². The molecule has 0 radical (unpaired) electrons. The summed E-state index contributed by atoms with van der Waals surface area (Å²) in [6.07, 6.45) is 1.92. The minimum atomic E-state index is -0.142. The van der Waals surface area contributed by atoms with Crippen molar-refractivity contribution < 1.29 is 5.11 Å². The van der Waals surface area contributed by atoms with Crippen LogP contribution in [0.2, 0.25) is 0 Å². The van der Waals surface area contributed by atoms with E-state index in [-0.39, 0.29) is 6.10 Å². The van der Waals surface area contributed by atoms with Gasteiger partial charge in [0.2, 0.25) is 0 Å². The van der Waals surface area contributed by atoms with Gasteiger partial charge >= 0.3 is 0 Å². The third kappa shape index (κ3) is 1.70. The quantitative estimate of drug-likeness (QED) is 0.656. The van der Waals surface area contributed by atoms with Crippen molar-refractivity contribution in [3.63, 3.8) is 0 Å². The zero-order valence-corrected chi connectivity index (χ0v) is 9.71. The summed E-state index contributed by atoms with van der Waals surface area (Å²) in [7, 11) is 0. The molecule has 0 aromatic carbocycles. The number of nitrogens with two attached hydrogens (primary N) is 2. The first-order valence-electron chi connectivity index (χ1n) is 6.10. The number of aromatic nitrogens is 1. The summed E-state index contributed by atoms with van der Waals surface area (Å²) in [5.74, 6) is 2.26. The highest BCUT2D eigenvalue weighted by atomic mass is 16.3. The molecule has 1 saturated heterocycles. The van der Waals surface area contributed by atoms with Crippen LogP contribution in [0.25, 0.3) is 0 Å². The number of pyridine rings is 1. The molecule has 5 heteroatoms. The fraction of sp³-hybridized carbons (Fsp3) is 0.583. The Morgan fingerprint density at radius 1 is 1.24 bits per heavy atom. The largest absolute Gasteiger partial charge is 0.396 e. The van der Waals surface area contributed by atoms with Crippen LogP contribution in [0.15, 0.2) is 12.1 Å². The van der Waals surface area contributed by atoms with Gasteiger partial charge in [0.15, 0.2) is 0 Å². The number of anilines is 3. The Bertz CT molecular complexity index is 437. The predicted molar refractivity (Wildman–Crippen MR) is 67.5 cm³/mol. The highest BCUT2D eigenvalue weighted by molar-refractivity contribution is 5.62. The second kappa shape index (κ2) is 3.77. The zero-order chi connectivity index (χ0) is 12.0. The van der Waals surface area contributed by atoms with Crippen LogP contribution in [0.1, 0.15) is 12.8 Å². The van der Waals surface area contributed by atoms with Gasteiger partial charge in [0.1, 0.15) is 11.6 Å². The highest BCUT2D eigenvalue weighted by Crippen LogP contribution is 2.39. The molecule has 1 saturated carbocycles. The fourth-order valence-electron chi connectivity index (χ4n) is 3.07. The summed E-state index contributed by atoms with van der Waals surface area (Å²) in [5.41, 5.74) is 11.9. The van der Waals surface area contributed by atoms with E-state index in [9.17, 15) is 5.11 Å². The Morgan fingerprint density at radius 2 is 2.06 bits per heavy atom. The molecule has 1 aliphatic heterocycles. The van der Waals surface area contributed by atoms with Crippen LogP contribution in [0.5, 0.6) is 0 Å². The second-order valence-electron chi connectivity index (χ2n) is 5.12. The molecule has 5 N–H and O–H groups in total. The molecular formula is C12H18N4O. The smallest absolute Gasteiger partial charge is 0.149 e. The molecule has 5 nitrogen and oxygen atoms in total. The first kappa shape index (κ1) is 10.7. The minimum Gasteiger partial charge on any atom is -0.396 e. The number of aliphatic hydroxyl groups is 1. The Balaban J connectivity index is 1.80. The van der Waals surface area contributed by atoms with E-state index in [1.807, 2.05) is 6.07 Å². The number of rotatable bonds is 1. The maximum Gasteiger partial charge on any atom is 0.149 e. The molecule has 2 fully saturated rings. The van der Waals surface area contributed by atoms with Crippen LogP contribution in [0, 0.1) is 11.8 Å². The van der Waals surface area contributed by atoms with Crippen LogP contribution in [-0.4, -0.2) is 29.3 Å². The minimum absolute atomic E-state index is 0.142. The molecule has 0 bridgehead atoms. The number of aliphatic hydroxyl groups excluding tert-OH is 1. The Kier molecular flexibility index (Phi) is 2.36. The van der Waals surface area contributed by atoms with E-state index in [1.165, 1.54) is 0 Å². The van der Waals surface area contributed by atoms with Gasteiger partial charge in [0.25, 0.3) is 0 Å². The lowest BCUT2D eigenvalue weighted by Crippen LogP contribution is -2.25. The molecule has 92 valence electrons. The molecule has 17 heavy (non-hydrogen) atoms. The van der Waals surface area contributed by atoms with Crippen molar-refractivity contribution in [2.45, 2.75) is 18.9 Å². The second-order valence-corrected chi connectivity index (χ2v) is 5.12. The average Bonchev–Trinajstić information content (AvgIpc) is 2.86. The first-order valence-corrected chi connectivity index (χ1v) is 6.10. The maximum absolute atomic E-state index is 9.87. The Morgan fingerprint density at radius 3 is 2.76 bits per heavy atom. The van der Waals surface area contributed by atoms with E-state index in [2.05, 4.69) is 9.88 Å². The number of nitrogen functional groups attached to an aromatic ring is 2. The molecule has 0 amide bonds. The summed E-state index contributed by atoms with van der Waals surface area (Å²) in [5, 5.41) is 9.87. The van der Waals surface area contributed by atoms with Gasteiger partial charge in [-0.25, -0.2) is 4.98 Å². The molecule has 3 rings (SSSR count). The molecular weight excluding hydrogens is 216 g/mol. The SMILES string of the molecule is Nc1ccc(N2CC3CCC(O)C3C2)nc1N. The molecule has 1 aromatic heterocycles. The van der Waals surface area contributed by atoms with Gasteiger partial charge < -0.3 is 21.5 Å². The van der Waals surface area contributed by atoms with E-state index in [1.54, 1.807) is 6.07 Å². The predicted octanol–water partition coefficient (Wildman–Crippen LogP) is 0.453. The van der Waals surface area contributed by atoms with E-state index < -0.39 is 0 Å². The van der Waals surface area contributed by atoms with E-state index >= 15 is 0 Å². The molecule has 2 heterocycles. The van der Waals surface area contributed by atoms with Gasteiger partial charge in [-0.3, -0.25) is 0 Å². The van der Waals surface area contributed by atoms with Crippen molar-refractivity contribution in [1.82, 2.24) is 4.98 Å². The molecule has 2 aliphatic rings. The number of nitrogens with zero attached hydrogens (tertiary/aromatic N) is 2. The van der Waals surface area contributed by atoms with Crippen LogP contribution in [-0.2, 0) is 0 Å². The zero-order valence-electron chi connectivity index (χ0n) is 9.71. The van der Waals surface area contributed by atoms with Gasteiger partial charge in [-0.15, -0.1) is 0 Å². The van der Waals surface area contributed by atoms with Crippen molar-refractivity contribution in [2.75, 3.05) is 29.5 Å². The lowest BCUT2D eigenvalue weighted by Gasteiger charge is -2.19. The van der Waals surface area contributed by atoms with Crippen LogP contribution in [0.4, 0.5) is 17.3 Å². The summed E-state index contributed by atoms with van der Waals surface area (Å²) in [4.78, 5) is 6.51. The number of hydrogen-bond donors (Lipinski definition) is 3. The number of fused-ring (bicyclic) bond motifs is 1. The fourth-order valence-corrected chi connectivity index (χ4v) is 3.07. The summed E-state index contributed by atoms with van der Waals surface area (Å²) < 4.78 is 0. The van der Waals surface area contributed by atoms with Crippen molar-refractivity contribution >= 4 is 17.3 Å². The van der Waals surface area contributed by atoms with Gasteiger partial charge in [0, 0.05) is 19.0 Å². The molecule has 0 spiro atoms. The normalized spacial score (nSPS) is 31.8. The third-order valence-corrected chi connectivity index (χ3v) is 4.09. The summed E-state index contributed by atoms with van der Waals surface area (Å²) in [6, 6.07) is 3.70. The average molecular weight is 234 g/mol. The van der Waals surface area contributed by atoms with E-state index in [0.29, 0.717) is 23.3 Å². The van der Waals surface area contributed by atoms with Crippen molar-refractivity contribution in [3.8, 4) is 0 Å². The lowest BCUT2D eigenvalue weighted by atomic mass is 10.00. The van der Waals surface area contributed by atoms with Crippen LogP contribution >= 0.6 is 0 Å².